The largest absolute Gasteiger partial charge is 0.332 e. The Kier molecular flexibility index (Phi) is 2.47. The second-order valence-corrected chi connectivity index (χ2v) is 3.78. The summed E-state index contributed by atoms with van der Waals surface area (Å²) >= 11 is 7.37. The molecular weight excluding hydrogens is 204 g/mol. The number of hydrogen-bond acceptors (Lipinski definition) is 3. The summed E-state index contributed by atoms with van der Waals surface area (Å²) in [6.45, 7) is 0. The maximum absolute atomic E-state index is 5.74. The number of nitrogens with zero attached hydrogens (tertiary/aromatic N) is 1. The summed E-state index contributed by atoms with van der Waals surface area (Å²) in [7, 11) is 0. The van der Waals surface area contributed by atoms with Gasteiger partial charge in [-0.15, -0.1) is 11.3 Å². The van der Waals surface area contributed by atoms with Crippen LogP contribution < -0.4 is 5.32 Å². The standard InChI is InChI=1S/C9H7ClN2S/c10-7-3-1-4-8(11-7)12-9-5-2-6-13-9/h1-6H,(H,11,12). The molecule has 0 saturated carbocycles. The lowest BCUT2D eigenvalue weighted by molar-refractivity contribution is 1.32. The molecule has 0 amide bonds. The molecule has 0 spiro atoms. The van der Waals surface area contributed by atoms with Crippen LogP contribution in [-0.2, 0) is 0 Å². The van der Waals surface area contributed by atoms with Gasteiger partial charge >= 0.3 is 0 Å². The number of halogens is 1. The molecule has 0 bridgehead atoms. The van der Waals surface area contributed by atoms with Crippen LogP contribution >= 0.6 is 22.9 Å². The summed E-state index contributed by atoms with van der Waals surface area (Å²) in [5.41, 5.74) is 0. The van der Waals surface area contributed by atoms with Crippen molar-refractivity contribution in [2.45, 2.75) is 0 Å². The Bertz CT molecular complexity index is 386. The number of nitrogens with one attached hydrogen (secondary N) is 1. The van der Waals surface area contributed by atoms with E-state index in [0.29, 0.717) is 5.15 Å². The van der Waals surface area contributed by atoms with Gasteiger partial charge in [-0.05, 0) is 29.6 Å². The van der Waals surface area contributed by atoms with Crippen molar-refractivity contribution in [1.82, 2.24) is 4.98 Å². The first kappa shape index (κ1) is 8.53. The Morgan fingerprint density at radius 2 is 2.15 bits per heavy atom. The average Bonchev–Trinajstić information content (AvgIpc) is 2.57. The topological polar surface area (TPSA) is 24.9 Å². The normalized spacial score (nSPS) is 9.92. The van der Waals surface area contributed by atoms with Gasteiger partial charge in [0, 0.05) is 0 Å². The van der Waals surface area contributed by atoms with E-state index in [1.165, 1.54) is 0 Å². The quantitative estimate of drug-likeness (QED) is 0.767. The van der Waals surface area contributed by atoms with Crippen LogP contribution in [0.15, 0.2) is 35.7 Å². The molecule has 0 aliphatic heterocycles. The predicted octanol–water partition coefficient (Wildman–Crippen LogP) is 3.54. The first-order valence-corrected chi connectivity index (χ1v) is 5.03. The second kappa shape index (κ2) is 3.77. The number of aromatic nitrogens is 1. The number of rotatable bonds is 2. The van der Waals surface area contributed by atoms with E-state index in [2.05, 4.69) is 10.3 Å². The van der Waals surface area contributed by atoms with Crippen LogP contribution in [-0.4, -0.2) is 4.98 Å². The minimum Gasteiger partial charge on any atom is -0.332 e. The van der Waals surface area contributed by atoms with Crippen LogP contribution in [0.4, 0.5) is 10.8 Å². The summed E-state index contributed by atoms with van der Waals surface area (Å²) in [5, 5.41) is 6.72. The van der Waals surface area contributed by atoms with E-state index in [1.807, 2.05) is 29.6 Å². The van der Waals surface area contributed by atoms with Crippen LogP contribution in [0.25, 0.3) is 0 Å². The molecule has 2 heterocycles. The Morgan fingerprint density at radius 1 is 1.23 bits per heavy atom. The highest BCUT2D eigenvalue weighted by Gasteiger charge is 1.96. The highest BCUT2D eigenvalue weighted by molar-refractivity contribution is 7.14. The van der Waals surface area contributed by atoms with Crippen molar-refractivity contribution in [3.05, 3.63) is 40.9 Å². The zero-order valence-corrected chi connectivity index (χ0v) is 8.27. The number of thiophene rings is 1. The maximum Gasteiger partial charge on any atom is 0.132 e. The highest BCUT2D eigenvalue weighted by atomic mass is 35.5. The summed E-state index contributed by atoms with van der Waals surface area (Å²) in [6.07, 6.45) is 0. The lowest BCUT2D eigenvalue weighted by atomic mass is 10.4. The monoisotopic (exact) mass is 210 g/mol. The van der Waals surface area contributed by atoms with E-state index < -0.39 is 0 Å². The SMILES string of the molecule is Clc1cccc(Nc2cccs2)n1. The van der Waals surface area contributed by atoms with E-state index in [1.54, 1.807) is 17.4 Å². The van der Waals surface area contributed by atoms with Gasteiger partial charge in [0.15, 0.2) is 0 Å². The van der Waals surface area contributed by atoms with Crippen molar-refractivity contribution >= 4 is 33.8 Å². The molecule has 2 rings (SSSR count). The first-order chi connectivity index (χ1) is 6.34. The molecule has 0 aliphatic carbocycles. The lowest BCUT2D eigenvalue weighted by Gasteiger charge is -2.01. The summed E-state index contributed by atoms with van der Waals surface area (Å²) in [5.74, 6) is 0.773. The van der Waals surface area contributed by atoms with Gasteiger partial charge < -0.3 is 5.32 Å². The zero-order chi connectivity index (χ0) is 9.10. The van der Waals surface area contributed by atoms with Gasteiger partial charge in [-0.3, -0.25) is 0 Å². The highest BCUT2D eigenvalue weighted by Crippen LogP contribution is 2.20. The van der Waals surface area contributed by atoms with E-state index in [0.717, 1.165) is 10.8 Å². The van der Waals surface area contributed by atoms with Crippen molar-refractivity contribution in [2.24, 2.45) is 0 Å². The van der Waals surface area contributed by atoms with Crippen LogP contribution in [0.5, 0.6) is 0 Å². The van der Waals surface area contributed by atoms with Crippen LogP contribution in [0.1, 0.15) is 0 Å². The second-order valence-electron chi connectivity index (χ2n) is 2.45. The Morgan fingerprint density at radius 3 is 2.85 bits per heavy atom. The van der Waals surface area contributed by atoms with Crippen LogP contribution in [0, 0.1) is 0 Å². The van der Waals surface area contributed by atoms with Crippen LogP contribution in [0.3, 0.4) is 0 Å². The molecule has 1 N–H and O–H groups in total. The minimum atomic E-state index is 0.501. The van der Waals surface area contributed by atoms with E-state index >= 15 is 0 Å². The fraction of sp³-hybridized carbons (Fsp3) is 0. The molecule has 0 radical (unpaired) electrons. The minimum absolute atomic E-state index is 0.501. The average molecular weight is 211 g/mol. The van der Waals surface area contributed by atoms with Gasteiger partial charge in [-0.1, -0.05) is 17.7 Å². The van der Waals surface area contributed by atoms with Gasteiger partial charge in [-0.2, -0.15) is 0 Å². The van der Waals surface area contributed by atoms with Crippen molar-refractivity contribution < 1.29 is 0 Å². The van der Waals surface area contributed by atoms with E-state index in [4.69, 9.17) is 11.6 Å². The summed E-state index contributed by atoms with van der Waals surface area (Å²) in [6, 6.07) is 9.48. The zero-order valence-electron chi connectivity index (χ0n) is 6.70. The number of hydrogen-bond donors (Lipinski definition) is 1. The molecule has 2 aromatic rings. The van der Waals surface area contributed by atoms with Crippen molar-refractivity contribution in [3.63, 3.8) is 0 Å². The predicted molar refractivity (Wildman–Crippen MR) is 56.8 cm³/mol. The van der Waals surface area contributed by atoms with Gasteiger partial charge in [-0.25, -0.2) is 4.98 Å². The molecule has 0 atom stereocenters. The molecule has 0 fully saturated rings. The van der Waals surface area contributed by atoms with Crippen LogP contribution in [0.2, 0.25) is 5.15 Å². The summed E-state index contributed by atoms with van der Waals surface area (Å²) < 4.78 is 0. The Balaban J connectivity index is 2.19. The molecule has 0 unspecified atom stereocenters. The number of anilines is 2. The fourth-order valence-electron chi connectivity index (χ4n) is 0.954. The molecule has 0 aliphatic rings. The van der Waals surface area contributed by atoms with Crippen molar-refractivity contribution in [2.75, 3.05) is 5.32 Å². The maximum atomic E-state index is 5.74. The van der Waals surface area contributed by atoms with Gasteiger partial charge in [0.25, 0.3) is 0 Å². The molecule has 2 aromatic heterocycles. The van der Waals surface area contributed by atoms with Crippen molar-refractivity contribution in [1.29, 1.82) is 0 Å². The molecule has 13 heavy (non-hydrogen) atoms. The third kappa shape index (κ3) is 2.20. The molecule has 0 aromatic carbocycles. The smallest absolute Gasteiger partial charge is 0.132 e. The molecule has 2 nitrogen and oxygen atoms in total. The first-order valence-electron chi connectivity index (χ1n) is 3.78. The van der Waals surface area contributed by atoms with Gasteiger partial charge in [0.1, 0.15) is 11.0 Å². The van der Waals surface area contributed by atoms with Gasteiger partial charge in [0.2, 0.25) is 0 Å². The Hall–Kier alpha value is -1.06. The van der Waals surface area contributed by atoms with Crippen molar-refractivity contribution in [3.8, 4) is 0 Å². The lowest BCUT2D eigenvalue weighted by Crippen LogP contribution is -1.89. The molecule has 66 valence electrons. The van der Waals surface area contributed by atoms with E-state index in [9.17, 15) is 0 Å². The molecule has 0 saturated heterocycles. The third-order valence-electron chi connectivity index (χ3n) is 1.49. The third-order valence-corrected chi connectivity index (χ3v) is 2.48. The number of pyridine rings is 1. The summed E-state index contributed by atoms with van der Waals surface area (Å²) in [4.78, 5) is 4.11. The molecule has 4 heteroatoms. The fourth-order valence-corrected chi connectivity index (χ4v) is 1.74. The van der Waals surface area contributed by atoms with E-state index in [-0.39, 0.29) is 0 Å². The Labute approximate surface area is 85.2 Å². The molecular formula is C9H7ClN2S. The van der Waals surface area contributed by atoms with Gasteiger partial charge in [0.05, 0.1) is 5.00 Å².